The highest BCUT2D eigenvalue weighted by atomic mass is 79.9. The van der Waals surface area contributed by atoms with Gasteiger partial charge in [0, 0.05) is 4.47 Å². The average molecular weight is 232 g/mol. The van der Waals surface area contributed by atoms with E-state index in [0.717, 1.165) is 10.2 Å². The Kier molecular flexibility index (Phi) is 3.27. The average Bonchev–Trinajstić information content (AvgIpc) is 1.93. The van der Waals surface area contributed by atoms with Crippen molar-refractivity contribution < 1.29 is 0 Å². The lowest BCUT2D eigenvalue weighted by molar-refractivity contribution is 1.52. The Labute approximate surface area is 78.1 Å². The Morgan fingerprint density at radius 2 is 1.91 bits per heavy atom. The van der Waals surface area contributed by atoms with Crippen LogP contribution in [0.2, 0.25) is 0 Å². The van der Waals surface area contributed by atoms with E-state index in [0.29, 0.717) is 0 Å². The molecule has 0 spiro atoms. The van der Waals surface area contributed by atoms with Crippen molar-refractivity contribution in [2.75, 3.05) is 12.5 Å². The van der Waals surface area contributed by atoms with Gasteiger partial charge < -0.3 is 0 Å². The zero-order valence-corrected chi connectivity index (χ0v) is 8.95. The zero-order valence-electron chi connectivity index (χ0n) is 6.54. The summed E-state index contributed by atoms with van der Waals surface area (Å²) in [6.45, 7) is 0. The fraction of sp³-hybridized carbons (Fsp3) is 0.250. The number of hydrogen-bond donors (Lipinski definition) is 0. The van der Waals surface area contributed by atoms with Crippen LogP contribution in [0, 0.1) is 0 Å². The molecule has 1 aromatic rings. The van der Waals surface area contributed by atoms with Crippen molar-refractivity contribution in [3.8, 4) is 0 Å². The van der Waals surface area contributed by atoms with Crippen molar-refractivity contribution in [2.24, 2.45) is 4.36 Å². The van der Waals surface area contributed by atoms with Gasteiger partial charge in [-0.05, 0) is 40.6 Å². The first-order chi connectivity index (χ1) is 5.20. The minimum atomic E-state index is 0.118. The first kappa shape index (κ1) is 8.94. The van der Waals surface area contributed by atoms with Crippen molar-refractivity contribution in [3.63, 3.8) is 0 Å². The summed E-state index contributed by atoms with van der Waals surface area (Å²) in [4.78, 5) is 0. The molecule has 11 heavy (non-hydrogen) atoms. The molecule has 1 nitrogen and oxygen atoms in total. The zero-order chi connectivity index (χ0) is 8.27. The molecule has 0 aliphatic carbocycles. The molecular formula is C8H10BrNS. The molecule has 0 N–H and O–H groups in total. The molecule has 60 valence electrons. The predicted octanol–water partition coefficient (Wildman–Crippen LogP) is 3.14. The summed E-state index contributed by atoms with van der Waals surface area (Å²) in [5.74, 6) is 0. The second-order valence-electron chi connectivity index (χ2n) is 2.32. The fourth-order valence-electron chi connectivity index (χ4n) is 0.722. The molecule has 0 unspecified atom stereocenters. The SMILES string of the molecule is CS(C)=Nc1ccccc1Br. The summed E-state index contributed by atoms with van der Waals surface area (Å²) < 4.78 is 5.51. The van der Waals surface area contributed by atoms with Gasteiger partial charge in [0.25, 0.3) is 0 Å². The lowest BCUT2D eigenvalue weighted by Crippen LogP contribution is -1.76. The van der Waals surface area contributed by atoms with Crippen LogP contribution in [-0.2, 0) is 10.7 Å². The Bertz CT molecular complexity index is 279. The van der Waals surface area contributed by atoms with Gasteiger partial charge in [0.15, 0.2) is 0 Å². The van der Waals surface area contributed by atoms with Crippen molar-refractivity contribution in [2.45, 2.75) is 0 Å². The lowest BCUT2D eigenvalue weighted by atomic mass is 10.3. The molecule has 0 atom stereocenters. The summed E-state index contributed by atoms with van der Waals surface area (Å²) in [6, 6.07) is 8.01. The third-order valence-electron chi connectivity index (χ3n) is 1.13. The van der Waals surface area contributed by atoms with Gasteiger partial charge in [0.05, 0.1) is 5.69 Å². The highest BCUT2D eigenvalue weighted by Gasteiger charge is 1.93. The van der Waals surface area contributed by atoms with Crippen LogP contribution in [0.25, 0.3) is 0 Å². The molecule has 0 aliphatic rings. The highest BCUT2D eigenvalue weighted by Crippen LogP contribution is 2.24. The topological polar surface area (TPSA) is 12.4 Å². The van der Waals surface area contributed by atoms with E-state index in [4.69, 9.17) is 0 Å². The van der Waals surface area contributed by atoms with Crippen LogP contribution < -0.4 is 0 Å². The molecule has 0 saturated heterocycles. The summed E-state index contributed by atoms with van der Waals surface area (Å²) in [5.41, 5.74) is 1.04. The maximum Gasteiger partial charge on any atom is 0.0844 e. The van der Waals surface area contributed by atoms with Crippen molar-refractivity contribution in [1.29, 1.82) is 0 Å². The predicted molar refractivity (Wildman–Crippen MR) is 55.4 cm³/mol. The van der Waals surface area contributed by atoms with E-state index >= 15 is 0 Å². The minimum absolute atomic E-state index is 0.118. The van der Waals surface area contributed by atoms with Crippen molar-refractivity contribution in [3.05, 3.63) is 28.7 Å². The number of hydrogen-bond acceptors (Lipinski definition) is 1. The van der Waals surface area contributed by atoms with E-state index in [1.165, 1.54) is 0 Å². The monoisotopic (exact) mass is 231 g/mol. The van der Waals surface area contributed by atoms with Crippen molar-refractivity contribution in [1.82, 2.24) is 0 Å². The van der Waals surface area contributed by atoms with Crippen LogP contribution in [-0.4, -0.2) is 12.5 Å². The second-order valence-corrected chi connectivity index (χ2v) is 4.90. The molecule has 0 aliphatic heterocycles. The molecule has 1 aromatic carbocycles. The van der Waals surface area contributed by atoms with E-state index in [1.807, 2.05) is 24.3 Å². The van der Waals surface area contributed by atoms with Crippen molar-refractivity contribution >= 4 is 32.3 Å². The third kappa shape index (κ3) is 2.75. The summed E-state index contributed by atoms with van der Waals surface area (Å²) in [6.07, 6.45) is 4.19. The van der Waals surface area contributed by atoms with Gasteiger partial charge in [-0.25, -0.2) is 4.36 Å². The molecule has 0 saturated carbocycles. The second kappa shape index (κ2) is 4.02. The molecule has 0 amide bonds. The molecule has 0 heterocycles. The molecule has 1 rings (SSSR count). The van der Waals surface area contributed by atoms with E-state index in [1.54, 1.807) is 0 Å². The Morgan fingerprint density at radius 1 is 1.27 bits per heavy atom. The maximum atomic E-state index is 4.44. The van der Waals surface area contributed by atoms with E-state index in [-0.39, 0.29) is 10.7 Å². The quantitative estimate of drug-likeness (QED) is 0.705. The number of rotatable bonds is 1. The Balaban J connectivity index is 3.04. The van der Waals surface area contributed by atoms with Crippen LogP contribution in [0.3, 0.4) is 0 Å². The lowest BCUT2D eigenvalue weighted by Gasteiger charge is -1.97. The molecule has 0 bridgehead atoms. The number of nitrogens with zero attached hydrogens (tertiary/aromatic N) is 1. The van der Waals surface area contributed by atoms with Gasteiger partial charge in [-0.1, -0.05) is 12.1 Å². The van der Waals surface area contributed by atoms with Crippen LogP contribution >= 0.6 is 15.9 Å². The van der Waals surface area contributed by atoms with Gasteiger partial charge in [0.2, 0.25) is 0 Å². The highest BCUT2D eigenvalue weighted by molar-refractivity contribution is 9.10. The van der Waals surface area contributed by atoms with Gasteiger partial charge >= 0.3 is 0 Å². The Hall–Kier alpha value is -0.150. The smallest absolute Gasteiger partial charge is 0.0844 e. The van der Waals surface area contributed by atoms with Gasteiger partial charge in [0.1, 0.15) is 0 Å². The van der Waals surface area contributed by atoms with Gasteiger partial charge in [-0.15, -0.1) is 10.7 Å². The molecule has 0 aromatic heterocycles. The minimum Gasteiger partial charge on any atom is -0.227 e. The third-order valence-corrected chi connectivity index (χ3v) is 2.37. The Morgan fingerprint density at radius 3 is 2.45 bits per heavy atom. The standard InChI is InChI=1S/C8H10BrNS/c1-11(2)10-8-6-4-3-5-7(8)9/h3-6H,1-2H3. The van der Waals surface area contributed by atoms with Crippen LogP contribution in [0.5, 0.6) is 0 Å². The molecule has 3 heteroatoms. The van der Waals surface area contributed by atoms with Gasteiger partial charge in [-0.2, -0.15) is 0 Å². The summed E-state index contributed by atoms with van der Waals surface area (Å²) in [5, 5.41) is 0. The van der Waals surface area contributed by atoms with Gasteiger partial charge in [-0.3, -0.25) is 0 Å². The molecular weight excluding hydrogens is 222 g/mol. The first-order valence-electron chi connectivity index (χ1n) is 3.24. The maximum absolute atomic E-state index is 4.44. The van der Waals surface area contributed by atoms with E-state index < -0.39 is 0 Å². The summed E-state index contributed by atoms with van der Waals surface area (Å²) >= 11 is 3.44. The summed E-state index contributed by atoms with van der Waals surface area (Å²) in [7, 11) is 0.118. The number of halogens is 1. The van der Waals surface area contributed by atoms with E-state index in [9.17, 15) is 0 Å². The van der Waals surface area contributed by atoms with Crippen LogP contribution in [0.1, 0.15) is 0 Å². The molecule has 0 radical (unpaired) electrons. The normalized spacial score (nSPS) is 10.2. The van der Waals surface area contributed by atoms with Crippen LogP contribution in [0.15, 0.2) is 33.1 Å². The van der Waals surface area contributed by atoms with E-state index in [2.05, 4.69) is 32.8 Å². The first-order valence-corrected chi connectivity index (χ1v) is 6.03. The molecule has 0 fully saturated rings. The fourth-order valence-corrected chi connectivity index (χ4v) is 1.77. The largest absolute Gasteiger partial charge is 0.227 e. The number of benzene rings is 1. The van der Waals surface area contributed by atoms with Crippen LogP contribution in [0.4, 0.5) is 5.69 Å².